The van der Waals surface area contributed by atoms with E-state index < -0.39 is 11.7 Å². The van der Waals surface area contributed by atoms with Gasteiger partial charge in [-0.25, -0.2) is 0 Å². The monoisotopic (exact) mass is 423 g/mol. The number of rotatable bonds is 12. The number of allylic oxidation sites excluding steroid dienone is 6. The highest BCUT2D eigenvalue weighted by molar-refractivity contribution is 5.83. The van der Waals surface area contributed by atoms with Crippen LogP contribution in [0.4, 0.5) is 0 Å². The van der Waals surface area contributed by atoms with Gasteiger partial charge in [-0.05, 0) is 91.2 Å². The molecule has 0 unspecified atom stereocenters. The first-order valence-electron chi connectivity index (χ1n) is 11.6. The topological polar surface area (TPSA) is 56.2 Å². The van der Waals surface area contributed by atoms with Gasteiger partial charge in [0.2, 0.25) is 0 Å². The van der Waals surface area contributed by atoms with E-state index in [1.807, 2.05) is 0 Å². The molecule has 0 saturated carbocycles. The molecule has 3 N–H and O–H groups in total. The average Bonchev–Trinajstić information content (AvgIpc) is 3.13. The predicted molar refractivity (Wildman–Crippen MR) is 133 cm³/mol. The van der Waals surface area contributed by atoms with Crippen molar-refractivity contribution in [1.29, 1.82) is 0 Å². The van der Waals surface area contributed by atoms with Crippen molar-refractivity contribution in [3.63, 3.8) is 0 Å². The molecule has 0 saturated heterocycles. The highest BCUT2D eigenvalue weighted by Gasteiger charge is 2.28. The van der Waals surface area contributed by atoms with Crippen molar-refractivity contribution in [2.75, 3.05) is 0 Å². The SMILES string of the molecule is CC(C)=CCC[C@](C)(O)[C@H](O)CC/C(C)=C/CC/C(C)=C/Cc1c[nH]c2ccccc12. The molecule has 3 heteroatoms. The van der Waals surface area contributed by atoms with E-state index in [4.69, 9.17) is 0 Å². The molecule has 0 amide bonds. The van der Waals surface area contributed by atoms with Crippen LogP contribution >= 0.6 is 0 Å². The van der Waals surface area contributed by atoms with Gasteiger partial charge in [0.1, 0.15) is 0 Å². The molecule has 2 rings (SSSR count). The Morgan fingerprint density at radius 1 is 1.00 bits per heavy atom. The summed E-state index contributed by atoms with van der Waals surface area (Å²) in [6.45, 7) is 10.2. The highest BCUT2D eigenvalue weighted by Crippen LogP contribution is 2.23. The minimum Gasteiger partial charge on any atom is -0.390 e. The number of H-pyrrole nitrogens is 1. The Labute approximate surface area is 188 Å². The van der Waals surface area contributed by atoms with Crippen LogP contribution in [-0.4, -0.2) is 26.9 Å². The fraction of sp³-hybridized carbons (Fsp3) is 0.500. The molecule has 0 spiro atoms. The molecule has 0 radical (unpaired) electrons. The van der Waals surface area contributed by atoms with Gasteiger partial charge >= 0.3 is 0 Å². The van der Waals surface area contributed by atoms with Crippen LogP contribution in [-0.2, 0) is 6.42 Å². The van der Waals surface area contributed by atoms with Gasteiger partial charge in [-0.2, -0.15) is 0 Å². The van der Waals surface area contributed by atoms with Crippen molar-refractivity contribution in [2.24, 2.45) is 0 Å². The third-order valence-corrected chi connectivity index (χ3v) is 6.11. The van der Waals surface area contributed by atoms with Crippen molar-refractivity contribution in [1.82, 2.24) is 4.98 Å². The molecule has 3 nitrogen and oxygen atoms in total. The Morgan fingerprint density at radius 2 is 1.71 bits per heavy atom. The third kappa shape index (κ3) is 8.51. The molecule has 0 aliphatic carbocycles. The van der Waals surface area contributed by atoms with Crippen LogP contribution < -0.4 is 0 Å². The van der Waals surface area contributed by atoms with E-state index in [-0.39, 0.29) is 0 Å². The summed E-state index contributed by atoms with van der Waals surface area (Å²) in [6.07, 6.45) is 13.9. The predicted octanol–water partition coefficient (Wildman–Crippen LogP) is 7.02. The maximum absolute atomic E-state index is 10.6. The van der Waals surface area contributed by atoms with Crippen molar-refractivity contribution in [3.05, 3.63) is 71.0 Å². The number of hydrogen-bond donors (Lipinski definition) is 3. The first-order valence-corrected chi connectivity index (χ1v) is 11.6. The fourth-order valence-electron chi connectivity index (χ4n) is 3.83. The van der Waals surface area contributed by atoms with Gasteiger partial charge in [0, 0.05) is 17.1 Å². The van der Waals surface area contributed by atoms with Crippen molar-refractivity contribution in [2.45, 2.75) is 91.3 Å². The number of aromatic nitrogens is 1. The minimum atomic E-state index is -1.03. The summed E-state index contributed by atoms with van der Waals surface area (Å²) in [7, 11) is 0. The molecule has 1 aromatic heterocycles. The number of fused-ring (bicyclic) bond motifs is 1. The molecule has 0 aliphatic rings. The largest absolute Gasteiger partial charge is 0.390 e. The number of aliphatic hydroxyl groups excluding tert-OH is 1. The summed E-state index contributed by atoms with van der Waals surface area (Å²) in [6, 6.07) is 8.43. The Morgan fingerprint density at radius 3 is 2.45 bits per heavy atom. The number of nitrogens with one attached hydrogen (secondary N) is 1. The average molecular weight is 424 g/mol. The van der Waals surface area contributed by atoms with E-state index in [0.29, 0.717) is 12.8 Å². The summed E-state index contributed by atoms with van der Waals surface area (Å²) in [5.74, 6) is 0. The third-order valence-electron chi connectivity index (χ3n) is 6.11. The number of benzene rings is 1. The zero-order valence-corrected chi connectivity index (χ0v) is 20.0. The molecule has 2 atom stereocenters. The first-order chi connectivity index (χ1) is 14.7. The number of aliphatic hydroxyl groups is 2. The minimum absolute atomic E-state index is 0.586. The summed E-state index contributed by atoms with van der Waals surface area (Å²) in [5.41, 5.74) is 5.43. The lowest BCUT2D eigenvalue weighted by Crippen LogP contribution is -2.39. The number of para-hydroxylation sites is 1. The van der Waals surface area contributed by atoms with Crippen LogP contribution in [0.3, 0.4) is 0 Å². The number of aromatic amines is 1. The molecule has 1 aromatic carbocycles. The lowest BCUT2D eigenvalue weighted by molar-refractivity contribution is -0.0691. The van der Waals surface area contributed by atoms with Crippen molar-refractivity contribution < 1.29 is 10.2 Å². The molecular weight excluding hydrogens is 382 g/mol. The van der Waals surface area contributed by atoms with E-state index >= 15 is 0 Å². The van der Waals surface area contributed by atoms with Crippen molar-refractivity contribution in [3.8, 4) is 0 Å². The van der Waals surface area contributed by atoms with Crippen LogP contribution in [0.25, 0.3) is 10.9 Å². The second-order valence-electron chi connectivity index (χ2n) is 9.44. The smallest absolute Gasteiger partial charge is 0.0880 e. The Kier molecular flexibility index (Phi) is 9.80. The zero-order valence-electron chi connectivity index (χ0n) is 20.0. The molecular formula is C28H41NO2. The summed E-state index contributed by atoms with van der Waals surface area (Å²) < 4.78 is 0. The quantitative estimate of drug-likeness (QED) is 0.321. The molecule has 31 heavy (non-hydrogen) atoms. The molecule has 0 bridgehead atoms. The first kappa shape index (κ1) is 25.2. The van der Waals surface area contributed by atoms with E-state index in [9.17, 15) is 10.2 Å². The van der Waals surface area contributed by atoms with E-state index in [1.54, 1.807) is 6.92 Å². The zero-order chi connectivity index (χ0) is 22.9. The second kappa shape index (κ2) is 12.1. The Bertz CT molecular complexity index is 910. The van der Waals surface area contributed by atoms with Gasteiger partial charge in [-0.15, -0.1) is 0 Å². The van der Waals surface area contributed by atoms with Gasteiger partial charge in [-0.1, -0.05) is 53.1 Å². The maximum atomic E-state index is 10.6. The van der Waals surface area contributed by atoms with Gasteiger partial charge in [0.25, 0.3) is 0 Å². The molecule has 170 valence electrons. The summed E-state index contributed by atoms with van der Waals surface area (Å²) in [5, 5.41) is 22.3. The standard InChI is InChI=1S/C28H41NO2/c1-21(2)10-9-19-28(5,31)27(30)18-16-23(4)12-8-11-22(3)15-17-24-20-29-26-14-7-6-13-25(24)26/h6-7,10,12-15,20,27,29-31H,8-9,11,16-19H2,1-5H3/b22-15+,23-12+/t27-,28+/m1/s1. The van der Waals surface area contributed by atoms with E-state index in [2.05, 4.69) is 81.4 Å². The fourth-order valence-corrected chi connectivity index (χ4v) is 3.83. The van der Waals surface area contributed by atoms with Gasteiger partial charge < -0.3 is 15.2 Å². The molecule has 0 fully saturated rings. The highest BCUT2D eigenvalue weighted by atomic mass is 16.3. The normalized spacial score (nSPS) is 15.7. The van der Waals surface area contributed by atoms with Crippen LogP contribution in [0.5, 0.6) is 0 Å². The lowest BCUT2D eigenvalue weighted by Gasteiger charge is -2.29. The molecule has 2 aromatic rings. The summed E-state index contributed by atoms with van der Waals surface area (Å²) >= 11 is 0. The second-order valence-corrected chi connectivity index (χ2v) is 9.44. The maximum Gasteiger partial charge on any atom is 0.0880 e. The van der Waals surface area contributed by atoms with Gasteiger partial charge in [-0.3, -0.25) is 0 Å². The van der Waals surface area contributed by atoms with Gasteiger partial charge in [0.05, 0.1) is 11.7 Å². The van der Waals surface area contributed by atoms with Gasteiger partial charge in [0.15, 0.2) is 0 Å². The Hall–Kier alpha value is -2.10. The van der Waals surface area contributed by atoms with E-state index in [1.165, 1.54) is 33.2 Å². The van der Waals surface area contributed by atoms with Crippen LogP contribution in [0.1, 0.15) is 78.7 Å². The van der Waals surface area contributed by atoms with Crippen LogP contribution in [0.15, 0.2) is 65.4 Å². The lowest BCUT2D eigenvalue weighted by atomic mass is 9.89. The Balaban J connectivity index is 1.75. The van der Waals surface area contributed by atoms with Crippen LogP contribution in [0.2, 0.25) is 0 Å². The van der Waals surface area contributed by atoms with Crippen LogP contribution in [0, 0.1) is 0 Å². The molecule has 1 heterocycles. The molecule has 0 aliphatic heterocycles. The van der Waals surface area contributed by atoms with E-state index in [0.717, 1.165) is 32.1 Å². The van der Waals surface area contributed by atoms with Crippen molar-refractivity contribution >= 4 is 10.9 Å². The summed E-state index contributed by atoms with van der Waals surface area (Å²) in [4.78, 5) is 3.34. The number of hydrogen-bond acceptors (Lipinski definition) is 2.